The molecule has 0 saturated heterocycles. The predicted molar refractivity (Wildman–Crippen MR) is 130 cm³/mol. The molecule has 2 aliphatic rings. The monoisotopic (exact) mass is 405 g/mol. The van der Waals surface area contributed by atoms with Crippen molar-refractivity contribution in [2.45, 2.75) is 119 Å². The van der Waals surface area contributed by atoms with Crippen molar-refractivity contribution in [3.05, 3.63) is 0 Å². The third-order valence-corrected chi connectivity index (χ3v) is 9.35. The van der Waals surface area contributed by atoms with E-state index in [-0.39, 0.29) is 0 Å². The Kier molecular flexibility index (Phi) is 9.58. The SMILES string of the molecule is CCC1CCCCCCC(CCCC(CN(C)C)C(C)C2CC2(C)C)(C(C)C)C1. The van der Waals surface area contributed by atoms with Crippen molar-refractivity contribution in [1.82, 2.24) is 4.90 Å². The van der Waals surface area contributed by atoms with E-state index in [1.54, 1.807) is 0 Å². The van der Waals surface area contributed by atoms with E-state index in [9.17, 15) is 0 Å². The quantitative estimate of drug-likeness (QED) is 0.352. The number of rotatable bonds is 10. The van der Waals surface area contributed by atoms with E-state index >= 15 is 0 Å². The zero-order valence-corrected chi connectivity index (χ0v) is 21.5. The highest BCUT2D eigenvalue weighted by Gasteiger charge is 2.50. The van der Waals surface area contributed by atoms with Crippen molar-refractivity contribution < 1.29 is 0 Å². The summed E-state index contributed by atoms with van der Waals surface area (Å²) in [6, 6.07) is 0. The highest BCUT2D eigenvalue weighted by Crippen LogP contribution is 2.58. The first-order valence-electron chi connectivity index (χ1n) is 13.3. The molecule has 0 spiro atoms. The van der Waals surface area contributed by atoms with Crippen molar-refractivity contribution in [1.29, 1.82) is 0 Å². The minimum absolute atomic E-state index is 0.606. The van der Waals surface area contributed by atoms with Crippen LogP contribution in [0, 0.1) is 40.4 Å². The molecule has 0 heterocycles. The molecular formula is C28H55N. The molecule has 0 radical (unpaired) electrons. The van der Waals surface area contributed by atoms with Gasteiger partial charge < -0.3 is 4.90 Å². The lowest BCUT2D eigenvalue weighted by Crippen LogP contribution is -2.32. The average Bonchev–Trinajstić information content (AvgIpc) is 3.25. The van der Waals surface area contributed by atoms with Gasteiger partial charge in [0.25, 0.3) is 0 Å². The lowest BCUT2D eigenvalue weighted by atomic mass is 9.64. The Balaban J connectivity index is 2.02. The molecule has 29 heavy (non-hydrogen) atoms. The fourth-order valence-corrected chi connectivity index (χ4v) is 6.87. The van der Waals surface area contributed by atoms with Crippen molar-refractivity contribution in [3.8, 4) is 0 Å². The van der Waals surface area contributed by atoms with Crippen LogP contribution in [0.2, 0.25) is 0 Å². The van der Waals surface area contributed by atoms with Gasteiger partial charge in [-0.2, -0.15) is 0 Å². The fourth-order valence-electron chi connectivity index (χ4n) is 6.87. The Bertz CT molecular complexity index is 465. The Morgan fingerprint density at radius 2 is 1.62 bits per heavy atom. The van der Waals surface area contributed by atoms with Crippen LogP contribution in [0.25, 0.3) is 0 Å². The molecule has 2 rings (SSSR count). The van der Waals surface area contributed by atoms with Gasteiger partial charge >= 0.3 is 0 Å². The van der Waals surface area contributed by atoms with E-state index in [1.165, 1.54) is 83.6 Å². The van der Waals surface area contributed by atoms with Crippen LogP contribution >= 0.6 is 0 Å². The van der Waals surface area contributed by atoms with E-state index in [0.29, 0.717) is 10.8 Å². The van der Waals surface area contributed by atoms with Crippen LogP contribution in [0.15, 0.2) is 0 Å². The number of nitrogens with zero attached hydrogens (tertiary/aromatic N) is 1. The van der Waals surface area contributed by atoms with Gasteiger partial charge in [0.2, 0.25) is 0 Å². The summed E-state index contributed by atoms with van der Waals surface area (Å²) in [6.45, 7) is 16.3. The van der Waals surface area contributed by atoms with Crippen LogP contribution in [-0.4, -0.2) is 25.5 Å². The summed E-state index contributed by atoms with van der Waals surface area (Å²) in [5, 5.41) is 0. The van der Waals surface area contributed by atoms with Gasteiger partial charge in [-0.25, -0.2) is 0 Å². The normalized spacial score (nSPS) is 32.5. The second kappa shape index (κ2) is 11.0. The Hall–Kier alpha value is -0.0400. The highest BCUT2D eigenvalue weighted by molar-refractivity contribution is 4.99. The Morgan fingerprint density at radius 1 is 0.966 bits per heavy atom. The van der Waals surface area contributed by atoms with Gasteiger partial charge in [-0.3, -0.25) is 0 Å². The smallest absolute Gasteiger partial charge is 0.000621 e. The molecule has 5 atom stereocenters. The summed E-state index contributed by atoms with van der Waals surface area (Å²) in [7, 11) is 4.55. The molecule has 0 aromatic rings. The molecule has 2 saturated carbocycles. The summed E-state index contributed by atoms with van der Waals surface area (Å²) in [6.07, 6.45) is 17.6. The predicted octanol–water partition coefficient (Wildman–Crippen LogP) is 8.43. The van der Waals surface area contributed by atoms with Crippen LogP contribution in [0.5, 0.6) is 0 Å². The summed E-state index contributed by atoms with van der Waals surface area (Å²) >= 11 is 0. The Labute approximate surface area is 184 Å². The van der Waals surface area contributed by atoms with Gasteiger partial charge in [0.1, 0.15) is 0 Å². The van der Waals surface area contributed by atoms with Gasteiger partial charge in [0.15, 0.2) is 0 Å². The maximum atomic E-state index is 2.57. The van der Waals surface area contributed by atoms with Crippen LogP contribution in [-0.2, 0) is 0 Å². The van der Waals surface area contributed by atoms with Gasteiger partial charge in [0, 0.05) is 6.54 Å². The molecule has 5 unspecified atom stereocenters. The summed E-state index contributed by atoms with van der Waals surface area (Å²) in [4.78, 5) is 2.45. The van der Waals surface area contributed by atoms with Crippen molar-refractivity contribution >= 4 is 0 Å². The third kappa shape index (κ3) is 7.26. The first kappa shape index (κ1) is 25.2. The molecule has 0 N–H and O–H groups in total. The van der Waals surface area contributed by atoms with Crippen molar-refractivity contribution in [3.63, 3.8) is 0 Å². The first-order chi connectivity index (χ1) is 13.6. The molecule has 0 aliphatic heterocycles. The van der Waals surface area contributed by atoms with E-state index < -0.39 is 0 Å². The average molecular weight is 406 g/mol. The zero-order valence-electron chi connectivity index (χ0n) is 21.5. The standard InChI is InChI=1S/C28H55N/c1-9-24-15-12-10-11-13-17-28(19-24,22(2)3)18-14-16-25(21-29(7)8)23(4)26-20-27(26,5)6/h22-26H,9-21H2,1-8H3. The molecule has 0 aromatic carbocycles. The van der Waals surface area contributed by atoms with Gasteiger partial charge in [-0.15, -0.1) is 0 Å². The molecule has 0 amide bonds. The van der Waals surface area contributed by atoms with E-state index in [4.69, 9.17) is 0 Å². The summed E-state index contributed by atoms with van der Waals surface area (Å²) < 4.78 is 0. The van der Waals surface area contributed by atoms with E-state index in [1.807, 2.05) is 0 Å². The fraction of sp³-hybridized carbons (Fsp3) is 1.00. The Morgan fingerprint density at radius 3 is 2.17 bits per heavy atom. The molecule has 2 aliphatic carbocycles. The van der Waals surface area contributed by atoms with Crippen LogP contribution in [0.4, 0.5) is 0 Å². The van der Waals surface area contributed by atoms with Gasteiger partial charge in [-0.1, -0.05) is 86.5 Å². The van der Waals surface area contributed by atoms with Crippen molar-refractivity contribution in [2.75, 3.05) is 20.6 Å². The lowest BCUT2D eigenvalue weighted by Gasteiger charge is -2.41. The van der Waals surface area contributed by atoms with Crippen LogP contribution in [0.3, 0.4) is 0 Å². The van der Waals surface area contributed by atoms with Crippen LogP contribution in [0.1, 0.15) is 119 Å². The zero-order chi connectivity index (χ0) is 21.7. The molecule has 2 fully saturated rings. The largest absolute Gasteiger partial charge is 0.309 e. The molecule has 172 valence electrons. The summed E-state index contributed by atoms with van der Waals surface area (Å²) in [5.74, 6) is 4.52. The molecular weight excluding hydrogens is 350 g/mol. The maximum Gasteiger partial charge on any atom is 0.000621 e. The second-order valence-corrected chi connectivity index (χ2v) is 12.5. The van der Waals surface area contributed by atoms with E-state index in [2.05, 4.69) is 60.5 Å². The van der Waals surface area contributed by atoms with Crippen LogP contribution < -0.4 is 0 Å². The second-order valence-electron chi connectivity index (χ2n) is 12.5. The summed E-state index contributed by atoms with van der Waals surface area (Å²) in [5.41, 5.74) is 1.21. The highest BCUT2D eigenvalue weighted by atomic mass is 15.1. The topological polar surface area (TPSA) is 3.24 Å². The van der Waals surface area contributed by atoms with Crippen molar-refractivity contribution in [2.24, 2.45) is 40.4 Å². The minimum Gasteiger partial charge on any atom is -0.309 e. The maximum absolute atomic E-state index is 2.57. The van der Waals surface area contributed by atoms with E-state index in [0.717, 1.165) is 29.6 Å². The number of hydrogen-bond donors (Lipinski definition) is 0. The first-order valence-corrected chi connectivity index (χ1v) is 13.3. The third-order valence-electron chi connectivity index (χ3n) is 9.35. The van der Waals surface area contributed by atoms with Gasteiger partial charge in [-0.05, 0) is 86.6 Å². The lowest BCUT2D eigenvalue weighted by molar-refractivity contribution is 0.0949. The molecule has 1 heteroatoms. The van der Waals surface area contributed by atoms with Gasteiger partial charge in [0.05, 0.1) is 0 Å². The minimum atomic E-state index is 0.606. The molecule has 0 bridgehead atoms. The molecule has 1 nitrogen and oxygen atoms in total. The molecule has 0 aromatic heterocycles. The number of hydrogen-bond acceptors (Lipinski definition) is 1.